The van der Waals surface area contributed by atoms with Crippen LogP contribution < -0.4 is 21.3 Å². The summed E-state index contributed by atoms with van der Waals surface area (Å²) >= 11 is 1.36. The van der Waals surface area contributed by atoms with Crippen molar-refractivity contribution in [3.05, 3.63) is 0 Å². The Hall–Kier alpha value is -6.62. The van der Waals surface area contributed by atoms with Crippen LogP contribution in [0.3, 0.4) is 0 Å². The third-order valence-corrected chi connectivity index (χ3v) is 20.2. The number of carboxylic acids is 2. The van der Waals surface area contributed by atoms with Gasteiger partial charge in [0, 0.05) is 61.7 Å². The molecule has 0 aromatic heterocycles. The van der Waals surface area contributed by atoms with E-state index in [1.807, 2.05) is 62.3 Å². The second-order valence-corrected chi connectivity index (χ2v) is 31.8. The van der Waals surface area contributed by atoms with E-state index in [4.69, 9.17) is 0 Å². The van der Waals surface area contributed by atoms with Gasteiger partial charge in [0.25, 0.3) is 0 Å². The third-order valence-electron chi connectivity index (χ3n) is 19.1. The lowest BCUT2D eigenvalue weighted by Gasteiger charge is -2.41. The molecule has 29 heteroatoms. The first-order chi connectivity index (χ1) is 47.4. The number of nitrogens with zero attached hydrogens (tertiary/aromatic N) is 8. The van der Waals surface area contributed by atoms with E-state index in [1.54, 1.807) is 34.6 Å². The van der Waals surface area contributed by atoms with E-state index in [0.717, 1.165) is 0 Å². The van der Waals surface area contributed by atoms with Gasteiger partial charge in [-0.1, -0.05) is 123 Å². The molecule has 1 rings (SSSR count). The Labute approximate surface area is 613 Å². The van der Waals surface area contributed by atoms with E-state index in [0.29, 0.717) is 50.7 Å². The molecule has 0 bridgehead atoms. The molecule has 0 aromatic carbocycles. The lowest BCUT2D eigenvalue weighted by Crippen LogP contribution is -2.62. The van der Waals surface area contributed by atoms with Gasteiger partial charge in [0.2, 0.25) is 65.0 Å². The van der Waals surface area contributed by atoms with Crippen LogP contribution in [0.2, 0.25) is 0 Å². The maximum Gasteiger partial charge on any atom is 0.317 e. The van der Waals surface area contributed by atoms with Gasteiger partial charge in [0.15, 0.2) is 0 Å². The van der Waals surface area contributed by atoms with Gasteiger partial charge in [-0.15, -0.1) is 0 Å². The maximum atomic E-state index is 15.5. The Bertz CT molecular complexity index is 2740. The number of aliphatic hydroxyl groups is 1. The number of likely N-dealkylation sites (N-methyl/N-ethyl adjacent to an activating group) is 7. The predicted molar refractivity (Wildman–Crippen MR) is 395 cm³/mol. The highest BCUT2D eigenvalue weighted by atomic mass is 32.2. The maximum absolute atomic E-state index is 15.5. The Morgan fingerprint density at radius 2 is 0.833 bits per heavy atom. The van der Waals surface area contributed by atoms with Crippen molar-refractivity contribution in [1.29, 1.82) is 0 Å². The zero-order valence-electron chi connectivity index (χ0n) is 66.0. The SMILES string of the molecule is CC[C@@H]1NC(=O)C(C[C@H](C)CCCCCCN(CC(=O)O)CC(=O)O)N(C)C(=O)[C@H](C(C)C)N(C)C(=O)[C@H](CC(C)C)N(C)C(=O)[C@@H](CC(C)C)N(C)C(=O)[C@H](C)NC(=O)[C@@H](C)NC(=O)[C@@H](CC(C)C)N(C)C(=O)[C@@H](C(C)C)NC(=O)[C@H](CC(C)C)N(C)C(=O)[C@@H](CSCCCCO)N(C)C1=O. The number of rotatable bonds is 30. The highest BCUT2D eigenvalue weighted by molar-refractivity contribution is 7.99. The average molecular weight is 1470 g/mol. The molecular weight excluding hydrogens is 1330 g/mol. The van der Waals surface area contributed by atoms with Crippen LogP contribution in [-0.4, -0.2) is 285 Å². The molecule has 7 N–H and O–H groups in total. The third kappa shape index (κ3) is 29.9. The number of carbonyl (C=O) groups is 13. The van der Waals surface area contributed by atoms with Crippen molar-refractivity contribution >= 4 is 88.7 Å². The normalized spacial score (nSPS) is 24.7. The van der Waals surface area contributed by atoms with Gasteiger partial charge in [-0.3, -0.25) is 67.2 Å². The summed E-state index contributed by atoms with van der Waals surface area (Å²) in [6.45, 7) is 27.7. The molecule has 0 aromatic rings. The second kappa shape index (κ2) is 45.6. The van der Waals surface area contributed by atoms with Crippen molar-refractivity contribution in [1.82, 2.24) is 60.5 Å². The lowest BCUT2D eigenvalue weighted by molar-refractivity contribution is -0.156. The zero-order chi connectivity index (χ0) is 78.5. The number of carbonyl (C=O) groups excluding carboxylic acids is 11. The van der Waals surface area contributed by atoms with E-state index in [1.165, 1.54) is 114 Å². The molecule has 102 heavy (non-hydrogen) atoms. The molecule has 0 radical (unpaired) electrons. The van der Waals surface area contributed by atoms with E-state index in [9.17, 15) is 48.9 Å². The molecule has 12 atom stereocenters. The first-order valence-corrected chi connectivity index (χ1v) is 38.0. The molecule has 1 aliphatic rings. The summed E-state index contributed by atoms with van der Waals surface area (Å²) in [5.74, 6) is -11.0. The zero-order valence-corrected chi connectivity index (χ0v) is 66.8. The number of hydrogen-bond acceptors (Lipinski definition) is 16. The van der Waals surface area contributed by atoms with Crippen molar-refractivity contribution in [2.75, 3.05) is 87.1 Å². The number of aliphatic hydroxyl groups excluding tert-OH is 1. The first kappa shape index (κ1) is 93.4. The molecular formula is C73H132N12O16S. The van der Waals surface area contributed by atoms with Gasteiger partial charge in [0.1, 0.15) is 66.5 Å². The summed E-state index contributed by atoms with van der Waals surface area (Å²) in [6.07, 6.45) is 4.73. The monoisotopic (exact) mass is 1460 g/mol. The van der Waals surface area contributed by atoms with Crippen LogP contribution in [0.15, 0.2) is 0 Å². The second-order valence-electron chi connectivity index (χ2n) is 30.7. The van der Waals surface area contributed by atoms with Crippen molar-refractivity contribution in [2.24, 2.45) is 41.4 Å². The minimum Gasteiger partial charge on any atom is -0.480 e. The van der Waals surface area contributed by atoms with E-state index < -0.39 is 168 Å². The van der Waals surface area contributed by atoms with Gasteiger partial charge < -0.3 is 70.9 Å². The fourth-order valence-electron chi connectivity index (χ4n) is 12.9. The van der Waals surface area contributed by atoms with Crippen LogP contribution in [0.4, 0.5) is 0 Å². The quantitative estimate of drug-likeness (QED) is 0.0482. The molecule has 1 saturated heterocycles. The molecule has 0 saturated carbocycles. The number of hydrogen-bond donors (Lipinski definition) is 7. The number of aliphatic carboxylic acids is 2. The Morgan fingerprint density at radius 1 is 0.431 bits per heavy atom. The molecule has 28 nitrogen and oxygen atoms in total. The fourth-order valence-corrected chi connectivity index (χ4v) is 14.0. The largest absolute Gasteiger partial charge is 0.480 e. The van der Waals surface area contributed by atoms with Gasteiger partial charge in [0.05, 0.1) is 13.1 Å². The van der Waals surface area contributed by atoms with E-state index in [2.05, 4.69) is 21.3 Å². The number of thioether (sulfide) groups is 1. The van der Waals surface area contributed by atoms with Gasteiger partial charge >= 0.3 is 11.9 Å². The van der Waals surface area contributed by atoms with E-state index in [-0.39, 0.29) is 87.0 Å². The Balaban J connectivity index is 4.46. The predicted octanol–water partition coefficient (Wildman–Crippen LogP) is 4.63. The van der Waals surface area contributed by atoms with Crippen molar-refractivity contribution < 1.29 is 77.6 Å². The molecule has 1 fully saturated rings. The van der Waals surface area contributed by atoms with Crippen molar-refractivity contribution in [3.63, 3.8) is 0 Å². The number of unbranched alkanes of at least 4 members (excludes halogenated alkanes) is 4. The molecule has 0 aliphatic carbocycles. The van der Waals surface area contributed by atoms with Crippen LogP contribution in [-0.2, 0) is 62.3 Å². The van der Waals surface area contributed by atoms with Crippen LogP contribution in [0.5, 0.6) is 0 Å². The number of nitrogens with one attached hydrogen (secondary N) is 4. The molecule has 1 aliphatic heterocycles. The highest BCUT2D eigenvalue weighted by Crippen LogP contribution is 2.27. The van der Waals surface area contributed by atoms with Gasteiger partial charge in [-0.25, -0.2) is 0 Å². The summed E-state index contributed by atoms with van der Waals surface area (Å²) in [5.41, 5.74) is 0. The molecule has 0 spiro atoms. The van der Waals surface area contributed by atoms with Crippen molar-refractivity contribution in [2.45, 2.75) is 261 Å². The van der Waals surface area contributed by atoms with Crippen LogP contribution in [0, 0.1) is 41.4 Å². The van der Waals surface area contributed by atoms with Crippen LogP contribution in [0.1, 0.15) is 194 Å². The summed E-state index contributed by atoms with van der Waals surface area (Å²) in [6, 6.07) is -13.4. The van der Waals surface area contributed by atoms with Crippen molar-refractivity contribution in [3.8, 4) is 0 Å². The summed E-state index contributed by atoms with van der Waals surface area (Å²) in [5, 5.41) is 39.6. The topological polar surface area (TPSA) is 357 Å². The molecule has 1 unspecified atom stereocenters. The number of carboxylic acid groups (broad SMARTS) is 2. The molecule has 11 amide bonds. The standard InChI is InChI=1S/C73H132N12O16S/c1-24-52-68(96)83(22)58(42-102-34-30-29-33-86)71(99)78(17)54(36-44(4)5)66(94)77-61(47(10)11)72(100)79(18)53(35-43(2)3)64(92)74-50(15)63(91)75-51(16)67(95)81(20)56(37-45(6)7)69(97)82(21)57(38-46(8)9)70(98)84(23)62(48(12)13)73(101)80(19)55(65(93)76-52)39-49(14)31-27-25-26-28-32-85(40-59(87)88)41-60(89)90/h43-58,61-62,86H,24-42H2,1-23H3,(H,74,92)(H,75,91)(H,76,93)(H,77,94)(H,87,88)(H,89,90)/t49-,50-,51+,52+,53-,54+,55?,56-,57+,58-,61-,62+/m1/s1. The summed E-state index contributed by atoms with van der Waals surface area (Å²) < 4.78 is 0. The highest BCUT2D eigenvalue weighted by Gasteiger charge is 2.45. The molecule has 1 heterocycles. The Kier molecular flexibility index (Phi) is 41.7. The summed E-state index contributed by atoms with van der Waals surface area (Å²) in [4.78, 5) is 198. The summed E-state index contributed by atoms with van der Waals surface area (Å²) in [7, 11) is 10.2. The smallest absolute Gasteiger partial charge is 0.317 e. The van der Waals surface area contributed by atoms with Gasteiger partial charge in [-0.2, -0.15) is 11.8 Å². The first-order valence-electron chi connectivity index (χ1n) is 36.8. The average Bonchev–Trinajstić information content (AvgIpc) is 0.823. The minimum atomic E-state index is -1.28. The molecule has 586 valence electrons. The van der Waals surface area contributed by atoms with E-state index >= 15 is 28.8 Å². The van der Waals surface area contributed by atoms with Crippen LogP contribution in [0.25, 0.3) is 0 Å². The lowest BCUT2D eigenvalue weighted by atomic mass is 9.92. The minimum absolute atomic E-state index is 0.0209. The number of amides is 11. The Morgan fingerprint density at radius 3 is 1.30 bits per heavy atom. The van der Waals surface area contributed by atoms with Crippen LogP contribution >= 0.6 is 11.8 Å². The van der Waals surface area contributed by atoms with Gasteiger partial charge in [-0.05, 0) is 125 Å². The fraction of sp³-hybridized carbons (Fsp3) is 0.822.